The number of aliphatic carboxylic acids is 1. The molecule has 0 aliphatic heterocycles. The van der Waals surface area contributed by atoms with E-state index in [9.17, 15) is 14.7 Å². The first kappa shape index (κ1) is 14.9. The highest BCUT2D eigenvalue weighted by Crippen LogP contribution is 2.01. The van der Waals surface area contributed by atoms with E-state index in [0.29, 0.717) is 5.69 Å². The van der Waals surface area contributed by atoms with Crippen LogP contribution in [0.25, 0.3) is 0 Å². The number of carbonyl (C=O) groups is 2. The first-order chi connectivity index (χ1) is 8.91. The summed E-state index contributed by atoms with van der Waals surface area (Å²) in [6.07, 6.45) is 0.432. The van der Waals surface area contributed by atoms with Crippen molar-refractivity contribution in [2.45, 2.75) is 25.6 Å². The van der Waals surface area contributed by atoms with Crippen LogP contribution in [0.1, 0.15) is 12.6 Å². The van der Waals surface area contributed by atoms with Gasteiger partial charge in [0.1, 0.15) is 0 Å². The van der Waals surface area contributed by atoms with Crippen LogP contribution < -0.4 is 5.32 Å². The minimum Gasteiger partial charge on any atom is -0.480 e. The Morgan fingerprint density at radius 3 is 2.63 bits per heavy atom. The number of pyridine rings is 1. The maximum absolute atomic E-state index is 11.8. The Labute approximate surface area is 110 Å². The van der Waals surface area contributed by atoms with Gasteiger partial charge in [-0.1, -0.05) is 6.07 Å². The van der Waals surface area contributed by atoms with E-state index in [2.05, 4.69) is 10.3 Å². The molecule has 7 heteroatoms. The van der Waals surface area contributed by atoms with Crippen molar-refractivity contribution in [1.29, 1.82) is 0 Å². The van der Waals surface area contributed by atoms with E-state index in [1.807, 2.05) is 0 Å². The number of carbonyl (C=O) groups excluding carboxylic acids is 1. The number of aromatic nitrogens is 1. The van der Waals surface area contributed by atoms with E-state index in [0.717, 1.165) is 0 Å². The van der Waals surface area contributed by atoms with Crippen LogP contribution in [-0.2, 0) is 11.3 Å². The van der Waals surface area contributed by atoms with Crippen molar-refractivity contribution in [2.75, 3.05) is 7.05 Å². The molecule has 0 aliphatic rings. The quantitative estimate of drug-likeness (QED) is 0.700. The number of nitrogens with one attached hydrogen (secondary N) is 1. The molecule has 0 saturated heterocycles. The minimum atomic E-state index is -1.33. The van der Waals surface area contributed by atoms with E-state index in [4.69, 9.17) is 5.11 Å². The molecule has 0 saturated carbocycles. The number of amides is 2. The summed E-state index contributed by atoms with van der Waals surface area (Å²) in [6.45, 7) is 1.55. The molecule has 2 amide bonds. The lowest BCUT2D eigenvalue weighted by Gasteiger charge is -2.22. The molecule has 0 radical (unpaired) electrons. The molecule has 0 bridgehead atoms. The van der Waals surface area contributed by atoms with Crippen LogP contribution in [0.4, 0.5) is 4.79 Å². The van der Waals surface area contributed by atoms with Gasteiger partial charge in [-0.3, -0.25) is 4.98 Å². The second-order valence-electron chi connectivity index (χ2n) is 4.18. The summed E-state index contributed by atoms with van der Waals surface area (Å²) in [5.74, 6) is -1.28. The Morgan fingerprint density at radius 1 is 1.47 bits per heavy atom. The van der Waals surface area contributed by atoms with Gasteiger partial charge in [-0.15, -0.1) is 0 Å². The Kier molecular flexibility index (Phi) is 5.25. The molecular formula is C12H17N3O4. The Morgan fingerprint density at radius 2 is 2.16 bits per heavy atom. The Hall–Kier alpha value is -2.15. The molecule has 7 nitrogen and oxygen atoms in total. The molecule has 0 spiro atoms. The van der Waals surface area contributed by atoms with Crippen molar-refractivity contribution in [3.05, 3.63) is 30.1 Å². The Bertz CT molecular complexity index is 436. The van der Waals surface area contributed by atoms with Crippen LogP contribution in [0, 0.1) is 0 Å². The molecule has 3 N–H and O–H groups in total. The van der Waals surface area contributed by atoms with Gasteiger partial charge < -0.3 is 20.4 Å². The maximum Gasteiger partial charge on any atom is 0.328 e. The highest BCUT2D eigenvalue weighted by molar-refractivity contribution is 5.82. The lowest BCUT2D eigenvalue weighted by atomic mass is 10.2. The molecule has 0 aliphatic carbocycles. The van der Waals surface area contributed by atoms with Crippen LogP contribution in [-0.4, -0.2) is 51.3 Å². The van der Waals surface area contributed by atoms with Gasteiger partial charge in [-0.05, 0) is 19.1 Å². The number of carboxylic acids is 1. The predicted octanol–water partition coefficient (Wildman–Crippen LogP) is 0.0570. The molecule has 0 fully saturated rings. The smallest absolute Gasteiger partial charge is 0.328 e. The van der Waals surface area contributed by atoms with E-state index < -0.39 is 24.1 Å². The van der Waals surface area contributed by atoms with Gasteiger partial charge in [0.05, 0.1) is 18.3 Å². The number of urea groups is 1. The van der Waals surface area contributed by atoms with Crippen LogP contribution >= 0.6 is 0 Å². The van der Waals surface area contributed by atoms with Gasteiger partial charge in [0.2, 0.25) is 0 Å². The second kappa shape index (κ2) is 6.69. The van der Waals surface area contributed by atoms with Crippen molar-refractivity contribution in [1.82, 2.24) is 15.2 Å². The highest BCUT2D eigenvalue weighted by atomic mass is 16.4. The number of nitrogens with zero attached hydrogens (tertiary/aromatic N) is 2. The predicted molar refractivity (Wildman–Crippen MR) is 67.3 cm³/mol. The molecule has 104 valence electrons. The summed E-state index contributed by atoms with van der Waals surface area (Å²) < 4.78 is 0. The molecule has 1 aromatic rings. The van der Waals surface area contributed by atoms with Gasteiger partial charge in [-0.2, -0.15) is 0 Å². The zero-order valence-electron chi connectivity index (χ0n) is 10.8. The lowest BCUT2D eigenvalue weighted by molar-refractivity contribution is -0.141. The molecular weight excluding hydrogens is 250 g/mol. The molecule has 0 unspecified atom stereocenters. The van der Waals surface area contributed by atoms with E-state index in [-0.39, 0.29) is 6.54 Å². The number of aliphatic hydroxyl groups excluding tert-OH is 1. The van der Waals surface area contributed by atoms with E-state index >= 15 is 0 Å². The summed E-state index contributed by atoms with van der Waals surface area (Å²) in [7, 11) is 1.52. The third kappa shape index (κ3) is 4.55. The van der Waals surface area contributed by atoms with Crippen molar-refractivity contribution in [3.63, 3.8) is 0 Å². The van der Waals surface area contributed by atoms with Crippen molar-refractivity contribution in [3.8, 4) is 0 Å². The molecule has 2 atom stereocenters. The molecule has 19 heavy (non-hydrogen) atoms. The van der Waals surface area contributed by atoms with Crippen LogP contribution in [0.2, 0.25) is 0 Å². The van der Waals surface area contributed by atoms with Crippen LogP contribution in [0.3, 0.4) is 0 Å². The van der Waals surface area contributed by atoms with Crippen molar-refractivity contribution < 1.29 is 19.8 Å². The summed E-state index contributed by atoms with van der Waals surface area (Å²) in [5.41, 5.74) is 0.684. The average molecular weight is 267 g/mol. The van der Waals surface area contributed by atoms with Gasteiger partial charge in [0, 0.05) is 13.2 Å². The highest BCUT2D eigenvalue weighted by Gasteiger charge is 2.26. The average Bonchev–Trinajstić information content (AvgIpc) is 2.35. The Balaban J connectivity index is 2.60. The minimum absolute atomic E-state index is 0.249. The second-order valence-corrected chi connectivity index (χ2v) is 4.18. The van der Waals surface area contributed by atoms with Crippen molar-refractivity contribution >= 4 is 12.0 Å². The van der Waals surface area contributed by atoms with Crippen LogP contribution in [0.15, 0.2) is 24.4 Å². The van der Waals surface area contributed by atoms with Gasteiger partial charge in [0.25, 0.3) is 0 Å². The zero-order valence-corrected chi connectivity index (χ0v) is 10.8. The fourth-order valence-corrected chi connectivity index (χ4v) is 1.44. The topological polar surface area (TPSA) is 103 Å². The standard InChI is InChI=1S/C12H17N3O4/c1-8(16)10(11(17)18)14-12(19)15(2)7-9-5-3-4-6-13-9/h3-6,8,10,16H,7H2,1-2H3,(H,14,19)(H,17,18)/t8-,10+/m1/s1. The van der Waals surface area contributed by atoms with Gasteiger partial charge in [-0.25, -0.2) is 9.59 Å². The summed E-state index contributed by atoms with van der Waals surface area (Å²) >= 11 is 0. The number of carboxylic acid groups (broad SMARTS) is 1. The molecule has 0 aromatic carbocycles. The number of hydrogen-bond donors (Lipinski definition) is 3. The van der Waals surface area contributed by atoms with E-state index in [1.165, 1.54) is 18.9 Å². The van der Waals surface area contributed by atoms with Gasteiger partial charge >= 0.3 is 12.0 Å². The van der Waals surface area contributed by atoms with E-state index in [1.54, 1.807) is 24.4 Å². The summed E-state index contributed by atoms with van der Waals surface area (Å²) in [6, 6.07) is 3.40. The fraction of sp³-hybridized carbons (Fsp3) is 0.417. The summed E-state index contributed by atoms with van der Waals surface area (Å²) in [4.78, 5) is 28.0. The third-order valence-electron chi connectivity index (χ3n) is 2.50. The molecule has 1 rings (SSSR count). The van der Waals surface area contributed by atoms with Crippen molar-refractivity contribution in [2.24, 2.45) is 0 Å². The first-order valence-corrected chi connectivity index (χ1v) is 5.74. The zero-order chi connectivity index (χ0) is 14.4. The van der Waals surface area contributed by atoms with Gasteiger partial charge in [0.15, 0.2) is 6.04 Å². The summed E-state index contributed by atoms with van der Waals surface area (Å²) in [5, 5.41) is 20.4. The normalized spacial score (nSPS) is 13.4. The molecule has 1 aromatic heterocycles. The maximum atomic E-state index is 11.8. The lowest BCUT2D eigenvalue weighted by Crippen LogP contribution is -2.51. The number of hydrogen-bond acceptors (Lipinski definition) is 4. The SMILES string of the molecule is C[C@@H](O)[C@H](NC(=O)N(C)Cc1ccccn1)C(=O)O. The number of rotatable bonds is 5. The number of aliphatic hydroxyl groups is 1. The first-order valence-electron chi connectivity index (χ1n) is 5.74. The third-order valence-corrected chi connectivity index (χ3v) is 2.50. The van der Waals surface area contributed by atoms with Crippen LogP contribution in [0.5, 0.6) is 0 Å². The molecule has 1 heterocycles. The monoisotopic (exact) mass is 267 g/mol. The largest absolute Gasteiger partial charge is 0.480 e. The fourth-order valence-electron chi connectivity index (χ4n) is 1.44.